The number of rotatable bonds is 5. The molecule has 1 aromatic rings. The highest BCUT2D eigenvalue weighted by Gasteiger charge is 2.19. The van der Waals surface area contributed by atoms with Crippen molar-refractivity contribution in [1.29, 1.82) is 0 Å². The molecular weight excluding hydrogens is 302 g/mol. The summed E-state index contributed by atoms with van der Waals surface area (Å²) in [7, 11) is 4.42. The Balaban J connectivity index is 3.01. The smallest absolute Gasteiger partial charge is 0.322 e. The minimum absolute atomic E-state index is 0.355. The molecule has 0 radical (unpaired) electrons. The molecule has 0 aliphatic rings. The van der Waals surface area contributed by atoms with Crippen LogP contribution < -0.4 is 15.2 Å². The van der Waals surface area contributed by atoms with Crippen LogP contribution in [0.2, 0.25) is 0 Å². The molecule has 1 aromatic carbocycles. The fourth-order valence-corrected chi connectivity index (χ4v) is 2.21. The molecule has 0 aromatic heterocycles. The molecule has 100 valence electrons. The summed E-state index contributed by atoms with van der Waals surface area (Å²) in [6.07, 6.45) is 0.355. The van der Waals surface area contributed by atoms with Crippen LogP contribution in [0.3, 0.4) is 0 Å². The van der Waals surface area contributed by atoms with Crippen LogP contribution in [0.1, 0.15) is 5.56 Å². The number of ether oxygens (including phenoxy) is 3. The normalized spacial score (nSPS) is 11.8. The highest BCUT2D eigenvalue weighted by molar-refractivity contribution is 9.10. The van der Waals surface area contributed by atoms with Crippen LogP contribution in [-0.4, -0.2) is 33.3 Å². The Labute approximate surface area is 114 Å². The van der Waals surface area contributed by atoms with Gasteiger partial charge in [0.1, 0.15) is 6.04 Å². The summed E-state index contributed by atoms with van der Waals surface area (Å²) in [5.74, 6) is 0.739. The average molecular weight is 318 g/mol. The Hall–Kier alpha value is -1.27. The summed E-state index contributed by atoms with van der Waals surface area (Å²) in [6, 6.07) is 2.89. The van der Waals surface area contributed by atoms with Gasteiger partial charge in [-0.1, -0.05) is 6.07 Å². The van der Waals surface area contributed by atoms with Crippen molar-refractivity contribution in [3.8, 4) is 11.5 Å². The number of hydrogen-bond acceptors (Lipinski definition) is 5. The van der Waals surface area contributed by atoms with Gasteiger partial charge >= 0.3 is 5.97 Å². The van der Waals surface area contributed by atoms with E-state index >= 15 is 0 Å². The molecular formula is C12H16BrNO4. The lowest BCUT2D eigenvalue weighted by atomic mass is 10.1. The third kappa shape index (κ3) is 3.14. The topological polar surface area (TPSA) is 70.8 Å². The summed E-state index contributed by atoms with van der Waals surface area (Å²) in [5, 5.41) is 0. The van der Waals surface area contributed by atoms with Gasteiger partial charge in [0.15, 0.2) is 11.5 Å². The number of carbonyl (C=O) groups is 1. The van der Waals surface area contributed by atoms with Crippen LogP contribution in [0.25, 0.3) is 0 Å². The van der Waals surface area contributed by atoms with Crippen molar-refractivity contribution >= 4 is 21.9 Å². The molecule has 2 N–H and O–H groups in total. The van der Waals surface area contributed by atoms with Gasteiger partial charge in [0, 0.05) is 0 Å². The van der Waals surface area contributed by atoms with E-state index in [0.717, 1.165) is 10.0 Å². The van der Waals surface area contributed by atoms with Crippen LogP contribution in [0.4, 0.5) is 0 Å². The third-order valence-electron chi connectivity index (χ3n) is 2.51. The number of carbonyl (C=O) groups excluding carboxylic acids is 1. The lowest BCUT2D eigenvalue weighted by molar-refractivity contribution is -0.142. The number of hydrogen-bond donors (Lipinski definition) is 1. The van der Waals surface area contributed by atoms with E-state index in [1.807, 2.05) is 6.07 Å². The molecule has 1 unspecified atom stereocenters. The predicted octanol–water partition coefficient (Wildman–Crippen LogP) is 1.51. The van der Waals surface area contributed by atoms with E-state index in [2.05, 4.69) is 20.7 Å². The van der Waals surface area contributed by atoms with E-state index < -0.39 is 12.0 Å². The van der Waals surface area contributed by atoms with Crippen molar-refractivity contribution in [3.63, 3.8) is 0 Å². The molecule has 0 amide bonds. The first kappa shape index (κ1) is 14.8. The van der Waals surface area contributed by atoms with Gasteiger partial charge < -0.3 is 19.9 Å². The highest BCUT2D eigenvalue weighted by Crippen LogP contribution is 2.37. The molecule has 0 fully saturated rings. The Kier molecular flexibility index (Phi) is 5.43. The zero-order valence-electron chi connectivity index (χ0n) is 10.5. The number of halogens is 1. The minimum Gasteiger partial charge on any atom is -0.493 e. The van der Waals surface area contributed by atoms with Gasteiger partial charge in [0.05, 0.1) is 25.8 Å². The summed E-state index contributed by atoms with van der Waals surface area (Å²) < 4.78 is 15.7. The molecule has 0 heterocycles. The summed E-state index contributed by atoms with van der Waals surface area (Å²) in [4.78, 5) is 11.3. The Morgan fingerprint density at radius 3 is 2.50 bits per heavy atom. The van der Waals surface area contributed by atoms with Crippen molar-refractivity contribution < 1.29 is 19.0 Å². The summed E-state index contributed by atoms with van der Waals surface area (Å²) in [5.41, 5.74) is 6.58. The zero-order valence-corrected chi connectivity index (χ0v) is 12.1. The Morgan fingerprint density at radius 2 is 2.00 bits per heavy atom. The monoisotopic (exact) mass is 317 g/mol. The van der Waals surface area contributed by atoms with Crippen LogP contribution in [-0.2, 0) is 16.0 Å². The number of benzene rings is 1. The molecule has 0 saturated carbocycles. The summed E-state index contributed by atoms with van der Waals surface area (Å²) in [6.45, 7) is 0. The molecule has 0 bridgehead atoms. The zero-order chi connectivity index (χ0) is 13.7. The molecule has 0 spiro atoms. The van der Waals surface area contributed by atoms with E-state index in [9.17, 15) is 4.79 Å². The molecule has 18 heavy (non-hydrogen) atoms. The maximum Gasteiger partial charge on any atom is 0.322 e. The van der Waals surface area contributed by atoms with Gasteiger partial charge in [-0.2, -0.15) is 0 Å². The lowest BCUT2D eigenvalue weighted by Crippen LogP contribution is -2.33. The fourth-order valence-electron chi connectivity index (χ4n) is 1.56. The molecule has 0 saturated heterocycles. The van der Waals surface area contributed by atoms with Gasteiger partial charge in [-0.05, 0) is 34.0 Å². The van der Waals surface area contributed by atoms with Crippen molar-refractivity contribution in [2.45, 2.75) is 12.5 Å². The number of esters is 1. The van der Waals surface area contributed by atoms with E-state index in [1.165, 1.54) is 7.11 Å². The molecule has 0 aliphatic carbocycles. The predicted molar refractivity (Wildman–Crippen MR) is 70.9 cm³/mol. The first-order valence-corrected chi connectivity index (χ1v) is 6.07. The average Bonchev–Trinajstić information content (AvgIpc) is 2.39. The van der Waals surface area contributed by atoms with Crippen LogP contribution in [0.15, 0.2) is 16.6 Å². The minimum atomic E-state index is -0.704. The molecule has 1 atom stereocenters. The highest BCUT2D eigenvalue weighted by atomic mass is 79.9. The lowest BCUT2D eigenvalue weighted by Gasteiger charge is -2.15. The first-order chi connectivity index (χ1) is 8.54. The van der Waals surface area contributed by atoms with Crippen molar-refractivity contribution in [3.05, 3.63) is 22.2 Å². The number of nitrogens with two attached hydrogens (primary N) is 1. The second kappa shape index (κ2) is 6.61. The molecule has 5 nitrogen and oxygen atoms in total. The Bertz CT molecular complexity index is 436. The van der Waals surface area contributed by atoms with E-state index in [0.29, 0.717) is 17.9 Å². The largest absolute Gasteiger partial charge is 0.493 e. The molecule has 1 rings (SSSR count). The van der Waals surface area contributed by atoms with Crippen LogP contribution >= 0.6 is 15.9 Å². The van der Waals surface area contributed by atoms with E-state index in [-0.39, 0.29) is 0 Å². The number of methoxy groups -OCH3 is 3. The fraction of sp³-hybridized carbons (Fsp3) is 0.417. The van der Waals surface area contributed by atoms with Crippen molar-refractivity contribution in [2.75, 3.05) is 21.3 Å². The van der Waals surface area contributed by atoms with Gasteiger partial charge in [-0.15, -0.1) is 0 Å². The Morgan fingerprint density at radius 1 is 1.33 bits per heavy atom. The second-order valence-electron chi connectivity index (χ2n) is 3.61. The molecule has 6 heteroatoms. The van der Waals surface area contributed by atoms with Crippen molar-refractivity contribution in [1.82, 2.24) is 0 Å². The maximum absolute atomic E-state index is 11.3. The van der Waals surface area contributed by atoms with Crippen LogP contribution in [0.5, 0.6) is 11.5 Å². The summed E-state index contributed by atoms with van der Waals surface area (Å²) >= 11 is 3.42. The standard InChI is InChI=1S/C12H16BrNO4/c1-16-9-5-4-7(10(13)11(9)17-2)6-8(14)12(15)18-3/h4-5,8H,6,14H2,1-3H3. The van der Waals surface area contributed by atoms with E-state index in [1.54, 1.807) is 20.3 Å². The van der Waals surface area contributed by atoms with E-state index in [4.69, 9.17) is 15.2 Å². The van der Waals surface area contributed by atoms with Gasteiger partial charge in [-0.25, -0.2) is 0 Å². The quantitative estimate of drug-likeness (QED) is 0.833. The van der Waals surface area contributed by atoms with Gasteiger partial charge in [0.2, 0.25) is 0 Å². The first-order valence-electron chi connectivity index (χ1n) is 5.27. The maximum atomic E-state index is 11.3. The SMILES string of the molecule is COC(=O)C(N)Cc1ccc(OC)c(OC)c1Br. The molecule has 0 aliphatic heterocycles. The third-order valence-corrected chi connectivity index (χ3v) is 3.38. The van der Waals surface area contributed by atoms with Crippen LogP contribution in [0, 0.1) is 0 Å². The van der Waals surface area contributed by atoms with Gasteiger partial charge in [0.25, 0.3) is 0 Å². The second-order valence-corrected chi connectivity index (χ2v) is 4.40. The van der Waals surface area contributed by atoms with Gasteiger partial charge in [-0.3, -0.25) is 4.79 Å². The van der Waals surface area contributed by atoms with Crippen molar-refractivity contribution in [2.24, 2.45) is 5.73 Å².